The van der Waals surface area contributed by atoms with E-state index < -0.39 is 0 Å². The minimum absolute atomic E-state index is 0.0627. The van der Waals surface area contributed by atoms with Crippen LogP contribution in [0.5, 0.6) is 5.75 Å². The van der Waals surface area contributed by atoms with Gasteiger partial charge in [-0.2, -0.15) is 0 Å². The molecule has 1 aliphatic rings. The van der Waals surface area contributed by atoms with Gasteiger partial charge in [0.15, 0.2) is 0 Å². The number of benzene rings is 1. The number of rotatable bonds is 6. The Morgan fingerprint density at radius 1 is 1.27 bits per heavy atom. The van der Waals surface area contributed by atoms with Crippen LogP contribution < -0.4 is 4.74 Å². The van der Waals surface area contributed by atoms with Gasteiger partial charge in [-0.3, -0.25) is 4.79 Å². The van der Waals surface area contributed by atoms with Crippen molar-refractivity contribution in [1.29, 1.82) is 0 Å². The Balaban J connectivity index is 1.86. The van der Waals surface area contributed by atoms with Crippen LogP contribution in [0.25, 0.3) is 0 Å². The minimum atomic E-state index is 0.0627. The summed E-state index contributed by atoms with van der Waals surface area (Å²) in [5.74, 6) is 0.736. The van der Waals surface area contributed by atoms with Crippen molar-refractivity contribution in [3.8, 4) is 5.75 Å². The van der Waals surface area contributed by atoms with Crippen molar-refractivity contribution in [2.45, 2.75) is 32.4 Å². The summed E-state index contributed by atoms with van der Waals surface area (Å²) in [6, 6.07) is 12.0. The van der Waals surface area contributed by atoms with Gasteiger partial charge in [0.2, 0.25) is 0 Å². The molecule has 1 amide bonds. The monoisotopic (exact) mass is 298 g/mol. The summed E-state index contributed by atoms with van der Waals surface area (Å²) in [5, 5.41) is 0. The molecule has 4 heteroatoms. The van der Waals surface area contributed by atoms with Gasteiger partial charge in [-0.25, -0.2) is 0 Å². The van der Waals surface area contributed by atoms with Gasteiger partial charge >= 0.3 is 0 Å². The molecule has 1 heterocycles. The van der Waals surface area contributed by atoms with Gasteiger partial charge in [0.25, 0.3) is 5.91 Å². The first-order chi connectivity index (χ1) is 10.7. The molecule has 1 aromatic carbocycles. The number of ether oxygens (including phenoxy) is 1. The first-order valence-corrected chi connectivity index (χ1v) is 7.83. The number of nitrogens with zero attached hydrogens (tertiary/aromatic N) is 2. The Hall–Kier alpha value is -2.23. The number of carbonyl (C=O) groups is 1. The highest BCUT2D eigenvalue weighted by molar-refractivity contribution is 5.97. The highest BCUT2D eigenvalue weighted by Crippen LogP contribution is 2.31. The zero-order valence-corrected chi connectivity index (χ0v) is 13.2. The molecule has 0 spiro atoms. The van der Waals surface area contributed by atoms with E-state index in [0.717, 1.165) is 18.5 Å². The predicted molar refractivity (Wildman–Crippen MR) is 85.9 cm³/mol. The largest absolute Gasteiger partial charge is 0.493 e. The first kappa shape index (κ1) is 14.7. The SMILES string of the molecule is CCOc1ccccc1C(=O)N(Cc1cccn1C)C1CC1. The zero-order chi connectivity index (χ0) is 15.5. The minimum Gasteiger partial charge on any atom is -0.493 e. The van der Waals surface area contributed by atoms with E-state index in [9.17, 15) is 4.79 Å². The standard InChI is InChI=1S/C18H22N2O2/c1-3-22-17-9-5-4-8-16(17)18(21)20(14-10-11-14)13-15-7-6-12-19(15)2/h4-9,12,14H,3,10-11,13H2,1-2H3. The lowest BCUT2D eigenvalue weighted by atomic mass is 10.1. The maximum Gasteiger partial charge on any atom is 0.258 e. The summed E-state index contributed by atoms with van der Waals surface area (Å²) in [7, 11) is 2.01. The molecular weight excluding hydrogens is 276 g/mol. The summed E-state index contributed by atoms with van der Waals surface area (Å²) >= 11 is 0. The van der Waals surface area contributed by atoms with Crippen LogP contribution >= 0.6 is 0 Å². The fourth-order valence-corrected chi connectivity index (χ4v) is 2.67. The number of hydrogen-bond acceptors (Lipinski definition) is 2. The van der Waals surface area contributed by atoms with Crippen molar-refractivity contribution in [2.24, 2.45) is 7.05 Å². The van der Waals surface area contributed by atoms with Crippen LogP contribution in [0.4, 0.5) is 0 Å². The molecule has 0 radical (unpaired) electrons. The molecule has 0 saturated heterocycles. The lowest BCUT2D eigenvalue weighted by Gasteiger charge is -2.24. The van der Waals surface area contributed by atoms with Gasteiger partial charge in [0.05, 0.1) is 18.7 Å². The summed E-state index contributed by atoms with van der Waals surface area (Å²) in [5.41, 5.74) is 1.81. The second kappa shape index (κ2) is 6.26. The molecule has 0 atom stereocenters. The Morgan fingerprint density at radius 3 is 2.68 bits per heavy atom. The summed E-state index contributed by atoms with van der Waals surface area (Å²) in [6.07, 6.45) is 4.19. The third kappa shape index (κ3) is 3.01. The molecule has 0 bridgehead atoms. The van der Waals surface area contributed by atoms with E-state index in [2.05, 4.69) is 10.6 Å². The third-order valence-corrected chi connectivity index (χ3v) is 4.05. The predicted octanol–water partition coefficient (Wildman–Crippen LogP) is 3.23. The smallest absolute Gasteiger partial charge is 0.258 e. The topological polar surface area (TPSA) is 34.5 Å². The fourth-order valence-electron chi connectivity index (χ4n) is 2.67. The lowest BCUT2D eigenvalue weighted by molar-refractivity contribution is 0.0722. The molecule has 1 aromatic heterocycles. The average Bonchev–Trinajstić information content (AvgIpc) is 3.28. The number of amides is 1. The van der Waals surface area contributed by atoms with Crippen LogP contribution in [-0.4, -0.2) is 28.0 Å². The van der Waals surface area contributed by atoms with Crippen LogP contribution in [0.15, 0.2) is 42.6 Å². The van der Waals surface area contributed by atoms with Crippen molar-refractivity contribution in [3.05, 3.63) is 53.9 Å². The molecule has 0 N–H and O–H groups in total. The van der Waals surface area contributed by atoms with Gasteiger partial charge in [-0.05, 0) is 44.0 Å². The van der Waals surface area contributed by atoms with Gasteiger partial charge in [0, 0.05) is 25.0 Å². The highest BCUT2D eigenvalue weighted by atomic mass is 16.5. The van der Waals surface area contributed by atoms with E-state index in [1.165, 1.54) is 0 Å². The molecule has 1 saturated carbocycles. The first-order valence-electron chi connectivity index (χ1n) is 7.83. The van der Waals surface area contributed by atoms with E-state index in [4.69, 9.17) is 4.74 Å². The fraction of sp³-hybridized carbons (Fsp3) is 0.389. The Labute approximate surface area is 131 Å². The van der Waals surface area contributed by atoms with Gasteiger partial charge < -0.3 is 14.2 Å². The zero-order valence-electron chi connectivity index (χ0n) is 13.2. The molecule has 1 fully saturated rings. The number of carbonyl (C=O) groups excluding carboxylic acids is 1. The molecule has 4 nitrogen and oxygen atoms in total. The third-order valence-electron chi connectivity index (χ3n) is 4.05. The Kier molecular flexibility index (Phi) is 4.18. The lowest BCUT2D eigenvalue weighted by Crippen LogP contribution is -2.33. The van der Waals surface area contributed by atoms with E-state index >= 15 is 0 Å². The van der Waals surface area contributed by atoms with Gasteiger partial charge in [-0.1, -0.05) is 12.1 Å². The summed E-state index contributed by atoms with van der Waals surface area (Å²) < 4.78 is 7.68. The number of para-hydroxylation sites is 1. The summed E-state index contributed by atoms with van der Waals surface area (Å²) in [4.78, 5) is 15.0. The normalized spacial score (nSPS) is 13.9. The maximum atomic E-state index is 13.0. The molecule has 2 aromatic rings. The van der Waals surface area contributed by atoms with E-state index in [1.807, 2.05) is 55.4 Å². The van der Waals surface area contributed by atoms with Crippen molar-refractivity contribution in [3.63, 3.8) is 0 Å². The van der Waals surface area contributed by atoms with Crippen LogP contribution in [0.3, 0.4) is 0 Å². The maximum absolute atomic E-state index is 13.0. The molecule has 3 rings (SSSR count). The molecule has 0 aliphatic heterocycles. The van der Waals surface area contributed by atoms with E-state index in [0.29, 0.717) is 30.5 Å². The van der Waals surface area contributed by atoms with Crippen molar-refractivity contribution < 1.29 is 9.53 Å². The quantitative estimate of drug-likeness (QED) is 0.820. The van der Waals surface area contributed by atoms with E-state index in [1.54, 1.807) is 0 Å². The molecule has 1 aliphatic carbocycles. The van der Waals surface area contributed by atoms with Gasteiger partial charge in [-0.15, -0.1) is 0 Å². The summed E-state index contributed by atoms with van der Waals surface area (Å²) in [6.45, 7) is 3.14. The number of hydrogen-bond donors (Lipinski definition) is 0. The molecule has 22 heavy (non-hydrogen) atoms. The number of aryl methyl sites for hydroxylation is 1. The van der Waals surface area contributed by atoms with Crippen LogP contribution in [0, 0.1) is 0 Å². The number of aromatic nitrogens is 1. The van der Waals surface area contributed by atoms with Crippen molar-refractivity contribution >= 4 is 5.91 Å². The van der Waals surface area contributed by atoms with Crippen molar-refractivity contribution in [2.75, 3.05) is 6.61 Å². The average molecular weight is 298 g/mol. The van der Waals surface area contributed by atoms with Crippen LogP contribution in [-0.2, 0) is 13.6 Å². The molecular formula is C18H22N2O2. The highest BCUT2D eigenvalue weighted by Gasteiger charge is 2.34. The Bertz CT molecular complexity index is 659. The second-order valence-corrected chi connectivity index (χ2v) is 5.70. The molecule has 0 unspecified atom stereocenters. The second-order valence-electron chi connectivity index (χ2n) is 5.70. The van der Waals surface area contributed by atoms with Gasteiger partial charge in [0.1, 0.15) is 5.75 Å². The van der Waals surface area contributed by atoms with Crippen molar-refractivity contribution in [1.82, 2.24) is 9.47 Å². The van der Waals surface area contributed by atoms with E-state index in [-0.39, 0.29) is 5.91 Å². The van der Waals surface area contributed by atoms with Crippen LogP contribution in [0.2, 0.25) is 0 Å². The Morgan fingerprint density at radius 2 is 2.05 bits per heavy atom. The van der Waals surface area contributed by atoms with Crippen LogP contribution in [0.1, 0.15) is 35.8 Å². The molecule has 116 valence electrons.